The second kappa shape index (κ2) is 7.38. The molecule has 3 unspecified atom stereocenters. The minimum absolute atomic E-state index is 0.00754. The summed E-state index contributed by atoms with van der Waals surface area (Å²) >= 11 is 0. The fourth-order valence-electron chi connectivity index (χ4n) is 3.48. The molecule has 6 heteroatoms. The van der Waals surface area contributed by atoms with Crippen molar-refractivity contribution in [3.8, 4) is 0 Å². The summed E-state index contributed by atoms with van der Waals surface area (Å²) in [5.41, 5.74) is 7.17. The van der Waals surface area contributed by atoms with Crippen molar-refractivity contribution in [2.24, 2.45) is 5.92 Å². The van der Waals surface area contributed by atoms with Gasteiger partial charge in [0.15, 0.2) is 0 Å². The molecule has 23 heavy (non-hydrogen) atoms. The average molecular weight is 318 g/mol. The smallest absolute Gasteiger partial charge is 0.239 e. The van der Waals surface area contributed by atoms with E-state index >= 15 is 0 Å². The summed E-state index contributed by atoms with van der Waals surface area (Å²) in [6.45, 7) is 2.15. The van der Waals surface area contributed by atoms with Crippen LogP contribution >= 0.6 is 0 Å². The molecule has 126 valence electrons. The number of hydrogen-bond donors (Lipinski definition) is 4. The zero-order valence-corrected chi connectivity index (χ0v) is 13.5. The van der Waals surface area contributed by atoms with Gasteiger partial charge in [-0.05, 0) is 43.7 Å². The zero-order valence-electron chi connectivity index (χ0n) is 13.5. The minimum Gasteiger partial charge on any atom is -0.393 e. The van der Waals surface area contributed by atoms with Crippen LogP contribution in [-0.4, -0.2) is 34.2 Å². The Balaban J connectivity index is 1.63. The number of hydrazine groups is 1. The van der Waals surface area contributed by atoms with Crippen LogP contribution in [0.25, 0.3) is 0 Å². The molecule has 1 aromatic rings. The SMILES string of the molecule is CCCC1CC(C(=O)NC(c2ccccn2)C2CC(O)C2)NN1. The molecule has 4 N–H and O–H groups in total. The summed E-state index contributed by atoms with van der Waals surface area (Å²) in [5, 5.41) is 12.7. The fraction of sp³-hybridized carbons (Fsp3) is 0.647. The van der Waals surface area contributed by atoms with Crippen LogP contribution in [0.4, 0.5) is 0 Å². The molecule has 0 spiro atoms. The molecule has 1 amide bonds. The molecule has 0 bridgehead atoms. The Hall–Kier alpha value is -1.50. The van der Waals surface area contributed by atoms with Gasteiger partial charge in [-0.25, -0.2) is 5.43 Å². The number of nitrogens with zero attached hydrogens (tertiary/aromatic N) is 1. The first-order valence-electron chi connectivity index (χ1n) is 8.57. The summed E-state index contributed by atoms with van der Waals surface area (Å²) < 4.78 is 0. The average Bonchev–Trinajstić information content (AvgIpc) is 3.00. The van der Waals surface area contributed by atoms with E-state index in [1.54, 1.807) is 6.20 Å². The quantitative estimate of drug-likeness (QED) is 0.630. The zero-order chi connectivity index (χ0) is 16.2. The summed E-state index contributed by atoms with van der Waals surface area (Å²) in [6, 6.07) is 5.77. The fourth-order valence-corrected chi connectivity index (χ4v) is 3.48. The van der Waals surface area contributed by atoms with Gasteiger partial charge in [-0.1, -0.05) is 19.4 Å². The molecule has 1 aromatic heterocycles. The van der Waals surface area contributed by atoms with Gasteiger partial charge in [0.05, 0.1) is 17.8 Å². The number of nitrogens with one attached hydrogen (secondary N) is 3. The molecule has 0 aromatic carbocycles. The van der Waals surface area contributed by atoms with E-state index in [0.29, 0.717) is 6.04 Å². The maximum atomic E-state index is 12.6. The van der Waals surface area contributed by atoms with Gasteiger partial charge < -0.3 is 10.4 Å². The molecule has 0 radical (unpaired) electrons. The molecule has 6 nitrogen and oxygen atoms in total. The first-order valence-corrected chi connectivity index (χ1v) is 8.57. The van der Waals surface area contributed by atoms with Crippen LogP contribution in [0.5, 0.6) is 0 Å². The van der Waals surface area contributed by atoms with E-state index in [1.165, 1.54) is 0 Å². The van der Waals surface area contributed by atoms with Crippen LogP contribution in [0.2, 0.25) is 0 Å². The topological polar surface area (TPSA) is 86.3 Å². The maximum Gasteiger partial charge on any atom is 0.239 e. The number of aliphatic hydroxyl groups excluding tert-OH is 1. The van der Waals surface area contributed by atoms with Gasteiger partial charge in [-0.15, -0.1) is 0 Å². The third-order valence-corrected chi connectivity index (χ3v) is 4.86. The number of carbonyl (C=O) groups is 1. The van der Waals surface area contributed by atoms with Gasteiger partial charge in [-0.2, -0.15) is 0 Å². The number of carbonyl (C=O) groups excluding carboxylic acids is 1. The number of amides is 1. The molecule has 1 saturated carbocycles. The highest BCUT2D eigenvalue weighted by Crippen LogP contribution is 2.37. The highest BCUT2D eigenvalue weighted by Gasteiger charge is 2.38. The Morgan fingerprint density at radius 3 is 2.87 bits per heavy atom. The van der Waals surface area contributed by atoms with Crippen molar-refractivity contribution in [2.75, 3.05) is 0 Å². The predicted octanol–water partition coefficient (Wildman–Crippen LogP) is 1.04. The molecule has 1 aliphatic heterocycles. The van der Waals surface area contributed by atoms with Crippen molar-refractivity contribution in [2.45, 2.75) is 63.3 Å². The van der Waals surface area contributed by atoms with E-state index < -0.39 is 0 Å². The monoisotopic (exact) mass is 318 g/mol. The second-order valence-corrected chi connectivity index (χ2v) is 6.69. The highest BCUT2D eigenvalue weighted by molar-refractivity contribution is 5.82. The normalized spacial score (nSPS) is 31.4. The van der Waals surface area contributed by atoms with Crippen LogP contribution in [0.3, 0.4) is 0 Å². The molecule has 1 saturated heterocycles. The molecular weight excluding hydrogens is 292 g/mol. The van der Waals surface area contributed by atoms with Crippen molar-refractivity contribution >= 4 is 5.91 Å². The van der Waals surface area contributed by atoms with Crippen molar-refractivity contribution in [1.82, 2.24) is 21.2 Å². The summed E-state index contributed by atoms with van der Waals surface area (Å²) in [4.78, 5) is 17.0. The van der Waals surface area contributed by atoms with Crippen LogP contribution in [0.15, 0.2) is 24.4 Å². The van der Waals surface area contributed by atoms with Crippen molar-refractivity contribution < 1.29 is 9.90 Å². The number of pyridine rings is 1. The Morgan fingerprint density at radius 1 is 1.39 bits per heavy atom. The summed E-state index contributed by atoms with van der Waals surface area (Å²) in [6.07, 6.45) is 5.91. The molecule has 3 atom stereocenters. The van der Waals surface area contributed by atoms with E-state index in [9.17, 15) is 9.90 Å². The van der Waals surface area contributed by atoms with Crippen molar-refractivity contribution in [3.63, 3.8) is 0 Å². The molecule has 3 rings (SSSR count). The Bertz CT molecular complexity index is 519. The lowest BCUT2D eigenvalue weighted by atomic mass is 9.76. The van der Waals surface area contributed by atoms with Gasteiger partial charge in [0, 0.05) is 12.2 Å². The van der Waals surface area contributed by atoms with E-state index in [-0.39, 0.29) is 30.0 Å². The van der Waals surface area contributed by atoms with Gasteiger partial charge in [0.1, 0.15) is 6.04 Å². The Labute approximate surface area is 137 Å². The summed E-state index contributed by atoms with van der Waals surface area (Å²) in [5.74, 6) is 0.262. The molecule has 2 fully saturated rings. The lowest BCUT2D eigenvalue weighted by Gasteiger charge is -2.38. The first kappa shape index (κ1) is 16.4. The van der Waals surface area contributed by atoms with Crippen molar-refractivity contribution in [3.05, 3.63) is 30.1 Å². The maximum absolute atomic E-state index is 12.6. The minimum atomic E-state index is -0.247. The first-order chi connectivity index (χ1) is 11.2. The van der Waals surface area contributed by atoms with Gasteiger partial charge in [-0.3, -0.25) is 15.2 Å². The molecule has 1 aliphatic carbocycles. The molecular formula is C17H26N4O2. The highest BCUT2D eigenvalue weighted by atomic mass is 16.3. The largest absolute Gasteiger partial charge is 0.393 e. The van der Waals surface area contributed by atoms with E-state index in [2.05, 4.69) is 28.1 Å². The van der Waals surface area contributed by atoms with Crippen molar-refractivity contribution in [1.29, 1.82) is 0 Å². The number of hydrogen-bond acceptors (Lipinski definition) is 5. The second-order valence-electron chi connectivity index (χ2n) is 6.69. The van der Waals surface area contributed by atoms with Crippen LogP contribution in [0.1, 0.15) is 50.8 Å². The van der Waals surface area contributed by atoms with Crippen LogP contribution < -0.4 is 16.2 Å². The van der Waals surface area contributed by atoms with Gasteiger partial charge in [0.2, 0.25) is 5.91 Å². The standard InChI is InChI=1S/C17H26N4O2/c1-2-5-12-10-15(21-20-12)17(23)19-16(11-8-13(22)9-11)14-6-3-4-7-18-14/h3-4,6-7,11-13,15-16,20-22H,2,5,8-10H2,1H3,(H,19,23). The lowest BCUT2D eigenvalue weighted by Crippen LogP contribution is -2.48. The Kier molecular flexibility index (Phi) is 5.25. The molecule has 2 heterocycles. The number of aromatic nitrogens is 1. The van der Waals surface area contributed by atoms with E-state index in [0.717, 1.165) is 37.8 Å². The third-order valence-electron chi connectivity index (χ3n) is 4.86. The lowest BCUT2D eigenvalue weighted by molar-refractivity contribution is -0.124. The van der Waals surface area contributed by atoms with Gasteiger partial charge >= 0.3 is 0 Å². The van der Waals surface area contributed by atoms with E-state index in [4.69, 9.17) is 0 Å². The number of aliphatic hydroxyl groups is 1. The molecule has 2 aliphatic rings. The predicted molar refractivity (Wildman–Crippen MR) is 87.2 cm³/mol. The summed E-state index contributed by atoms with van der Waals surface area (Å²) in [7, 11) is 0. The Morgan fingerprint density at radius 2 is 2.22 bits per heavy atom. The van der Waals surface area contributed by atoms with Crippen LogP contribution in [0, 0.1) is 5.92 Å². The van der Waals surface area contributed by atoms with E-state index in [1.807, 2.05) is 18.2 Å². The third kappa shape index (κ3) is 3.88. The number of rotatable bonds is 6. The van der Waals surface area contributed by atoms with Crippen LogP contribution in [-0.2, 0) is 4.79 Å². The van der Waals surface area contributed by atoms with Gasteiger partial charge in [0.25, 0.3) is 0 Å².